The number of alkyl halides is 2. The molecule has 3 N–H and O–H groups in total. The molecule has 3 amide bonds. The second-order valence-electron chi connectivity index (χ2n) is 15.8. The molecule has 0 spiro atoms. The Morgan fingerprint density at radius 1 is 0.967 bits per heavy atom. The summed E-state index contributed by atoms with van der Waals surface area (Å²) in [5, 5.41) is 8.94. The minimum atomic E-state index is -3.40. The van der Waals surface area contributed by atoms with Crippen LogP contribution in [0.15, 0.2) is 77.9 Å². The highest BCUT2D eigenvalue weighted by Crippen LogP contribution is 2.42. The van der Waals surface area contributed by atoms with Crippen LogP contribution in [-0.2, 0) is 27.4 Å². The number of ether oxygens (including phenoxy) is 2. The monoisotopic (exact) mass is 861 g/mol. The predicted molar refractivity (Wildman–Crippen MR) is 223 cm³/mol. The average Bonchev–Trinajstić information content (AvgIpc) is 3.73. The molecule has 2 fully saturated rings. The average molecular weight is 863 g/mol. The van der Waals surface area contributed by atoms with Crippen LogP contribution in [0.1, 0.15) is 51.2 Å². The Morgan fingerprint density at radius 2 is 1.67 bits per heavy atom. The van der Waals surface area contributed by atoms with E-state index in [-0.39, 0.29) is 49.6 Å². The molecule has 2 atom stereocenters. The largest absolute Gasteiger partial charge is 0.481 e. The molecule has 2 aliphatic heterocycles. The fourth-order valence-corrected chi connectivity index (χ4v) is 7.95. The molecule has 3 aromatic heterocycles. The van der Waals surface area contributed by atoms with E-state index in [2.05, 4.69) is 20.9 Å². The second kappa shape index (κ2) is 17.1. The van der Waals surface area contributed by atoms with E-state index in [1.54, 1.807) is 50.1 Å². The van der Waals surface area contributed by atoms with E-state index in [0.717, 1.165) is 0 Å². The van der Waals surface area contributed by atoms with Gasteiger partial charge in [0.05, 0.1) is 29.4 Å². The van der Waals surface area contributed by atoms with Crippen LogP contribution in [0.25, 0.3) is 39.2 Å². The molecule has 2 aromatic carbocycles. The van der Waals surface area contributed by atoms with Gasteiger partial charge < -0.3 is 30.3 Å². The zero-order valence-electron chi connectivity index (χ0n) is 33.3. The van der Waals surface area contributed by atoms with Crippen LogP contribution in [-0.4, -0.2) is 81.0 Å². The van der Waals surface area contributed by atoms with E-state index < -0.39 is 36.0 Å². The van der Waals surface area contributed by atoms with Crippen LogP contribution in [0.2, 0.25) is 10.0 Å². The van der Waals surface area contributed by atoms with Gasteiger partial charge in [-0.05, 0) is 57.0 Å². The molecule has 1 unspecified atom stereocenters. The molecule has 0 bridgehead atoms. The van der Waals surface area contributed by atoms with Crippen molar-refractivity contribution in [3.05, 3.63) is 105 Å². The van der Waals surface area contributed by atoms with Crippen molar-refractivity contribution in [2.45, 2.75) is 76.7 Å². The van der Waals surface area contributed by atoms with Crippen molar-refractivity contribution in [3.63, 3.8) is 0 Å². The first-order chi connectivity index (χ1) is 28.5. The lowest BCUT2D eigenvalue weighted by Gasteiger charge is -2.29. The summed E-state index contributed by atoms with van der Waals surface area (Å²) in [5.74, 6) is -4.46. The van der Waals surface area contributed by atoms with Crippen LogP contribution in [0.5, 0.6) is 5.88 Å². The maximum absolute atomic E-state index is 13.6. The molecule has 17 heteroatoms. The van der Waals surface area contributed by atoms with E-state index in [9.17, 15) is 28.0 Å². The first kappa shape index (κ1) is 42.5. The third kappa shape index (κ3) is 9.23. The number of nitrogens with one attached hydrogen (secondary N) is 3. The van der Waals surface area contributed by atoms with E-state index in [1.807, 2.05) is 42.5 Å². The van der Waals surface area contributed by atoms with Crippen LogP contribution in [0.3, 0.4) is 0 Å². The van der Waals surface area contributed by atoms with Crippen molar-refractivity contribution < 1.29 is 32.6 Å². The standard InChI is InChI=1S/C43H43Cl2F2N7O6/c1-42(2,3)60-41(58)53(23-27-12-14-35(55)50-27)22-25-11-13-33(52-38(25)59-4)32-10-6-9-31(37(32)45)30-8-5-7-29(36(30)44)24-15-16-54-34(17-24)49-20-26(39(54)56)19-48-21-28-18-43(46,47)40(57)51-28/h5-11,13,15-17,20,27-28,48H,12,14,18-19,21-23H2,1-4H3,(H,50,55)(H,51,57)/t27-,28?/m0/s1. The zero-order valence-corrected chi connectivity index (χ0v) is 34.8. The van der Waals surface area contributed by atoms with Crippen LogP contribution >= 0.6 is 23.2 Å². The zero-order chi connectivity index (χ0) is 42.9. The summed E-state index contributed by atoms with van der Waals surface area (Å²) in [6, 6.07) is 17.3. The quantitative estimate of drug-likeness (QED) is 0.120. The Hall–Kier alpha value is -5.64. The van der Waals surface area contributed by atoms with Gasteiger partial charge in [0.15, 0.2) is 0 Å². The lowest BCUT2D eigenvalue weighted by molar-refractivity contribution is -0.139. The number of amides is 3. The number of halogens is 4. The lowest BCUT2D eigenvalue weighted by atomic mass is 9.97. The van der Waals surface area contributed by atoms with E-state index >= 15 is 0 Å². The molecule has 0 aliphatic carbocycles. The molecule has 5 heterocycles. The molecular weight excluding hydrogens is 819 g/mol. The fourth-order valence-electron chi connectivity index (χ4n) is 7.28. The van der Waals surface area contributed by atoms with Gasteiger partial charge in [0, 0.05) is 90.3 Å². The van der Waals surface area contributed by atoms with Crippen LogP contribution in [0, 0.1) is 0 Å². The van der Waals surface area contributed by atoms with E-state index in [1.165, 1.54) is 17.7 Å². The summed E-state index contributed by atoms with van der Waals surface area (Å²) in [4.78, 5) is 60.7. The molecule has 7 rings (SSSR count). The molecule has 2 aliphatic rings. The molecule has 60 heavy (non-hydrogen) atoms. The first-order valence-corrected chi connectivity index (χ1v) is 20.1. The number of carbonyl (C=O) groups is 3. The van der Waals surface area contributed by atoms with Crippen molar-refractivity contribution in [3.8, 4) is 39.4 Å². The molecule has 0 radical (unpaired) electrons. The third-order valence-electron chi connectivity index (χ3n) is 10.2. The summed E-state index contributed by atoms with van der Waals surface area (Å²) in [7, 11) is 1.50. The number of pyridine rings is 2. The van der Waals surface area contributed by atoms with E-state index in [0.29, 0.717) is 73.2 Å². The molecule has 0 saturated carbocycles. The van der Waals surface area contributed by atoms with Gasteiger partial charge in [0.1, 0.15) is 11.2 Å². The number of rotatable bonds is 12. The summed E-state index contributed by atoms with van der Waals surface area (Å²) < 4.78 is 40.0. The number of hydrogen-bond acceptors (Lipinski definition) is 9. The molecule has 314 valence electrons. The van der Waals surface area contributed by atoms with E-state index in [4.69, 9.17) is 37.7 Å². The number of benzene rings is 2. The topological polar surface area (TPSA) is 156 Å². The summed E-state index contributed by atoms with van der Waals surface area (Å²) in [6.45, 7) is 5.90. The number of fused-ring (bicyclic) bond motifs is 1. The van der Waals surface area contributed by atoms with Crippen LogP contribution in [0.4, 0.5) is 13.6 Å². The first-order valence-electron chi connectivity index (χ1n) is 19.3. The van der Waals surface area contributed by atoms with Gasteiger partial charge >= 0.3 is 12.0 Å². The second-order valence-corrected chi connectivity index (χ2v) is 16.6. The molecule has 13 nitrogen and oxygen atoms in total. The van der Waals surface area contributed by atoms with Crippen LogP contribution < -0.4 is 26.2 Å². The number of hydrogen-bond donors (Lipinski definition) is 3. The Balaban J connectivity index is 1.11. The number of aromatic nitrogens is 3. The maximum Gasteiger partial charge on any atom is 0.410 e. The van der Waals surface area contributed by atoms with Gasteiger partial charge in [-0.25, -0.2) is 14.8 Å². The summed E-state index contributed by atoms with van der Waals surface area (Å²) in [6.07, 6.45) is 2.90. The van der Waals surface area contributed by atoms with Gasteiger partial charge in [-0.2, -0.15) is 8.78 Å². The minimum absolute atomic E-state index is 0.0549. The summed E-state index contributed by atoms with van der Waals surface area (Å²) in [5.41, 5.74) is 4.07. The lowest BCUT2D eigenvalue weighted by Crippen LogP contribution is -2.43. The highest BCUT2D eigenvalue weighted by molar-refractivity contribution is 6.39. The molecular formula is C43H43Cl2F2N7O6. The third-order valence-corrected chi connectivity index (χ3v) is 11.0. The Kier molecular flexibility index (Phi) is 12.1. The molecule has 2 saturated heterocycles. The Bertz CT molecular complexity index is 2550. The van der Waals surface area contributed by atoms with Gasteiger partial charge in [-0.15, -0.1) is 0 Å². The van der Waals surface area contributed by atoms with Gasteiger partial charge in [0.2, 0.25) is 11.8 Å². The number of carbonyl (C=O) groups excluding carboxylic acids is 3. The smallest absolute Gasteiger partial charge is 0.410 e. The van der Waals surface area contributed by atoms with Gasteiger partial charge in [-0.1, -0.05) is 59.6 Å². The van der Waals surface area contributed by atoms with Crippen molar-refractivity contribution in [1.82, 2.24) is 35.2 Å². The Morgan fingerprint density at radius 3 is 2.32 bits per heavy atom. The summed E-state index contributed by atoms with van der Waals surface area (Å²) >= 11 is 14.2. The maximum atomic E-state index is 13.6. The minimum Gasteiger partial charge on any atom is -0.481 e. The number of nitrogens with zero attached hydrogens (tertiary/aromatic N) is 4. The number of methoxy groups -OCH3 is 1. The molecule has 5 aromatic rings. The van der Waals surface area contributed by atoms with Crippen molar-refractivity contribution in [1.29, 1.82) is 0 Å². The van der Waals surface area contributed by atoms with Gasteiger partial charge in [0.25, 0.3) is 11.5 Å². The Labute approximate surface area is 354 Å². The SMILES string of the molecule is COc1nc(-c2cccc(-c3cccc(-c4ccn5c(=O)c(CNCC6CC(F)(F)C(=O)N6)cnc5c4)c3Cl)c2Cl)ccc1CN(C[C@@H]1CCC(=O)N1)C(=O)OC(C)(C)C. The normalized spacial score (nSPS) is 17.4. The van der Waals surface area contributed by atoms with Gasteiger partial charge in [-0.3, -0.25) is 18.8 Å². The fraction of sp³-hybridized carbons (Fsp3) is 0.349. The highest BCUT2D eigenvalue weighted by Gasteiger charge is 2.47. The highest BCUT2D eigenvalue weighted by atomic mass is 35.5. The van der Waals surface area contributed by atoms with Crippen molar-refractivity contribution in [2.75, 3.05) is 20.2 Å². The predicted octanol–water partition coefficient (Wildman–Crippen LogP) is 7.04. The van der Waals surface area contributed by atoms with Crippen molar-refractivity contribution >= 4 is 46.8 Å². The van der Waals surface area contributed by atoms with Crippen molar-refractivity contribution in [2.24, 2.45) is 0 Å².